The van der Waals surface area contributed by atoms with Crippen molar-refractivity contribution in [3.8, 4) is 0 Å². The molecule has 0 saturated carbocycles. The highest BCUT2D eigenvalue weighted by molar-refractivity contribution is 7.14. The summed E-state index contributed by atoms with van der Waals surface area (Å²) in [6.07, 6.45) is 2.33. The van der Waals surface area contributed by atoms with Gasteiger partial charge in [0.25, 0.3) is 5.91 Å². The van der Waals surface area contributed by atoms with E-state index in [1.165, 1.54) is 10.4 Å². The normalized spacial score (nSPS) is 21.5. The largest absolute Gasteiger partial charge is 0.376 e. The predicted octanol–water partition coefficient (Wildman–Crippen LogP) is 2.66. The number of nitrogens with one attached hydrogen (secondary N) is 1. The molecule has 1 saturated heterocycles. The van der Waals surface area contributed by atoms with Gasteiger partial charge in [-0.2, -0.15) is 0 Å². The van der Waals surface area contributed by atoms with E-state index in [2.05, 4.69) is 5.32 Å². The standard InChI is InChI=1S/C13H19NO2S/c1-8-7-12(17-10(8)3)13(15)14-9(2)11-5-4-6-16-11/h7,9,11H,4-6H2,1-3H3,(H,14,15). The summed E-state index contributed by atoms with van der Waals surface area (Å²) >= 11 is 1.55. The molecule has 1 N–H and O–H groups in total. The topological polar surface area (TPSA) is 38.3 Å². The van der Waals surface area contributed by atoms with Crippen molar-refractivity contribution < 1.29 is 9.53 Å². The second-order valence-corrected chi connectivity index (χ2v) is 5.92. The molecule has 3 nitrogen and oxygen atoms in total. The van der Waals surface area contributed by atoms with E-state index in [4.69, 9.17) is 4.74 Å². The van der Waals surface area contributed by atoms with Crippen LogP contribution in [-0.4, -0.2) is 24.7 Å². The molecule has 1 fully saturated rings. The Morgan fingerprint density at radius 2 is 2.35 bits per heavy atom. The fourth-order valence-corrected chi connectivity index (χ4v) is 2.99. The number of rotatable bonds is 3. The molecule has 0 aliphatic carbocycles. The molecule has 1 aromatic heterocycles. The van der Waals surface area contributed by atoms with Gasteiger partial charge in [-0.1, -0.05) is 0 Å². The number of carbonyl (C=O) groups is 1. The van der Waals surface area contributed by atoms with Gasteiger partial charge in [0.15, 0.2) is 0 Å². The summed E-state index contributed by atoms with van der Waals surface area (Å²) in [5.41, 5.74) is 1.19. The van der Waals surface area contributed by atoms with Gasteiger partial charge in [-0.05, 0) is 45.2 Å². The van der Waals surface area contributed by atoms with E-state index in [1.807, 2.05) is 26.8 Å². The highest BCUT2D eigenvalue weighted by atomic mass is 32.1. The van der Waals surface area contributed by atoms with E-state index >= 15 is 0 Å². The van der Waals surface area contributed by atoms with Gasteiger partial charge in [-0.15, -0.1) is 11.3 Å². The summed E-state index contributed by atoms with van der Waals surface area (Å²) in [5.74, 6) is 0.0224. The first-order valence-corrected chi connectivity index (χ1v) is 6.89. The molecule has 94 valence electrons. The van der Waals surface area contributed by atoms with Crippen molar-refractivity contribution in [3.63, 3.8) is 0 Å². The molecule has 1 aliphatic rings. The van der Waals surface area contributed by atoms with Gasteiger partial charge < -0.3 is 10.1 Å². The molecule has 2 unspecified atom stereocenters. The first kappa shape index (κ1) is 12.6. The number of ether oxygens (including phenoxy) is 1. The lowest BCUT2D eigenvalue weighted by atomic mass is 10.1. The van der Waals surface area contributed by atoms with Crippen LogP contribution >= 0.6 is 11.3 Å². The van der Waals surface area contributed by atoms with E-state index in [-0.39, 0.29) is 18.1 Å². The Bertz CT molecular complexity index is 388. The minimum Gasteiger partial charge on any atom is -0.376 e. The van der Waals surface area contributed by atoms with Crippen LogP contribution in [0, 0.1) is 13.8 Å². The third-order valence-corrected chi connectivity index (χ3v) is 4.42. The first-order chi connectivity index (χ1) is 8.08. The average Bonchev–Trinajstić information content (AvgIpc) is 2.89. The van der Waals surface area contributed by atoms with Gasteiger partial charge in [0.05, 0.1) is 17.0 Å². The summed E-state index contributed by atoms with van der Waals surface area (Å²) in [4.78, 5) is 14.0. The fourth-order valence-electron chi connectivity index (χ4n) is 2.05. The van der Waals surface area contributed by atoms with E-state index in [0.29, 0.717) is 0 Å². The van der Waals surface area contributed by atoms with Gasteiger partial charge in [0, 0.05) is 11.5 Å². The molecule has 0 radical (unpaired) electrons. The minimum absolute atomic E-state index is 0.0224. The van der Waals surface area contributed by atoms with Gasteiger partial charge in [0.1, 0.15) is 0 Å². The van der Waals surface area contributed by atoms with Crippen LogP contribution in [0.4, 0.5) is 0 Å². The van der Waals surface area contributed by atoms with Crippen LogP contribution in [0.1, 0.15) is 39.9 Å². The number of aryl methyl sites for hydroxylation is 2. The maximum absolute atomic E-state index is 12.0. The molecule has 4 heteroatoms. The molecule has 2 heterocycles. The van der Waals surface area contributed by atoms with Gasteiger partial charge in [0.2, 0.25) is 0 Å². The summed E-state index contributed by atoms with van der Waals surface area (Å²) in [6.45, 7) is 6.91. The number of hydrogen-bond donors (Lipinski definition) is 1. The molecule has 17 heavy (non-hydrogen) atoms. The number of hydrogen-bond acceptors (Lipinski definition) is 3. The van der Waals surface area contributed by atoms with Crippen LogP contribution in [0.25, 0.3) is 0 Å². The Morgan fingerprint density at radius 1 is 1.59 bits per heavy atom. The van der Waals surface area contributed by atoms with Gasteiger partial charge in [-0.25, -0.2) is 0 Å². The molecule has 0 aromatic carbocycles. The quantitative estimate of drug-likeness (QED) is 0.899. The van der Waals surface area contributed by atoms with Crippen molar-refractivity contribution in [2.75, 3.05) is 6.61 Å². The summed E-state index contributed by atoms with van der Waals surface area (Å²) < 4.78 is 5.57. The zero-order chi connectivity index (χ0) is 12.4. The number of amides is 1. The van der Waals surface area contributed by atoms with Crippen molar-refractivity contribution in [2.24, 2.45) is 0 Å². The lowest BCUT2D eigenvalue weighted by molar-refractivity contribution is 0.0714. The van der Waals surface area contributed by atoms with Crippen molar-refractivity contribution >= 4 is 17.2 Å². The van der Waals surface area contributed by atoms with Crippen molar-refractivity contribution in [1.29, 1.82) is 0 Å². The summed E-state index contributed by atoms with van der Waals surface area (Å²) in [6, 6.07) is 2.05. The third kappa shape index (κ3) is 2.87. The Kier molecular flexibility index (Phi) is 3.84. The molecule has 1 aromatic rings. The van der Waals surface area contributed by atoms with E-state index < -0.39 is 0 Å². The highest BCUT2D eigenvalue weighted by Gasteiger charge is 2.24. The van der Waals surface area contributed by atoms with Crippen LogP contribution in [0.3, 0.4) is 0 Å². The first-order valence-electron chi connectivity index (χ1n) is 6.07. The molecule has 1 amide bonds. The van der Waals surface area contributed by atoms with E-state index in [9.17, 15) is 4.79 Å². The Balaban J connectivity index is 1.96. The fraction of sp³-hybridized carbons (Fsp3) is 0.615. The zero-order valence-electron chi connectivity index (χ0n) is 10.6. The van der Waals surface area contributed by atoms with E-state index in [0.717, 1.165) is 24.3 Å². The second kappa shape index (κ2) is 5.19. The van der Waals surface area contributed by atoms with Crippen LogP contribution in [0.15, 0.2) is 6.07 Å². The second-order valence-electron chi connectivity index (χ2n) is 4.66. The smallest absolute Gasteiger partial charge is 0.261 e. The maximum Gasteiger partial charge on any atom is 0.261 e. The zero-order valence-corrected chi connectivity index (χ0v) is 11.4. The van der Waals surface area contributed by atoms with Crippen LogP contribution in [0.5, 0.6) is 0 Å². The molecular formula is C13H19NO2S. The molecule has 2 rings (SSSR count). The maximum atomic E-state index is 12.0. The molecule has 0 bridgehead atoms. The monoisotopic (exact) mass is 253 g/mol. The van der Waals surface area contributed by atoms with Crippen molar-refractivity contribution in [1.82, 2.24) is 5.32 Å². The van der Waals surface area contributed by atoms with Gasteiger partial charge in [-0.3, -0.25) is 4.79 Å². The number of thiophene rings is 1. The van der Waals surface area contributed by atoms with Gasteiger partial charge >= 0.3 is 0 Å². The Hall–Kier alpha value is -0.870. The number of carbonyl (C=O) groups excluding carboxylic acids is 1. The molecular weight excluding hydrogens is 234 g/mol. The summed E-state index contributed by atoms with van der Waals surface area (Å²) in [5, 5.41) is 3.03. The third-order valence-electron chi connectivity index (χ3n) is 3.27. The molecule has 1 aliphatic heterocycles. The molecule has 0 spiro atoms. The van der Waals surface area contributed by atoms with E-state index in [1.54, 1.807) is 11.3 Å². The lowest BCUT2D eigenvalue weighted by Gasteiger charge is -2.19. The predicted molar refractivity (Wildman–Crippen MR) is 69.7 cm³/mol. The molecule has 2 atom stereocenters. The van der Waals surface area contributed by atoms with Crippen molar-refractivity contribution in [3.05, 3.63) is 21.4 Å². The van der Waals surface area contributed by atoms with Crippen molar-refractivity contribution in [2.45, 2.75) is 45.8 Å². The Labute approximate surface area is 106 Å². The SMILES string of the molecule is Cc1cc(C(=O)NC(C)C2CCCO2)sc1C. The lowest BCUT2D eigenvalue weighted by Crippen LogP contribution is -2.40. The average molecular weight is 253 g/mol. The van der Waals surface area contributed by atoms with Crippen LogP contribution in [-0.2, 0) is 4.74 Å². The minimum atomic E-state index is 0.0224. The Morgan fingerprint density at radius 3 is 2.88 bits per heavy atom. The van der Waals surface area contributed by atoms with Crippen LogP contribution < -0.4 is 5.32 Å². The highest BCUT2D eigenvalue weighted by Crippen LogP contribution is 2.21. The van der Waals surface area contributed by atoms with Crippen LogP contribution in [0.2, 0.25) is 0 Å². The summed E-state index contributed by atoms with van der Waals surface area (Å²) in [7, 11) is 0.